The summed E-state index contributed by atoms with van der Waals surface area (Å²) in [5.74, 6) is 0.553. The van der Waals surface area contributed by atoms with Gasteiger partial charge < -0.3 is 10.2 Å². The fraction of sp³-hybridized carbons (Fsp3) is 0.125. The first-order valence-electron chi connectivity index (χ1n) is 5.97. The van der Waals surface area contributed by atoms with Crippen molar-refractivity contribution in [2.75, 3.05) is 0 Å². The molecule has 0 aromatic heterocycles. The van der Waals surface area contributed by atoms with Crippen molar-refractivity contribution < 1.29 is 10.2 Å². The Hall–Kier alpha value is -2.22. The monoisotopic (exact) mass is 240 g/mol. The lowest BCUT2D eigenvalue weighted by Crippen LogP contribution is -1.81. The molecule has 2 rings (SSSR count). The van der Waals surface area contributed by atoms with Crippen molar-refractivity contribution in [2.24, 2.45) is 0 Å². The fourth-order valence-corrected chi connectivity index (χ4v) is 1.78. The molecular weight excluding hydrogens is 224 g/mol. The van der Waals surface area contributed by atoms with Crippen LogP contribution in [0.3, 0.4) is 0 Å². The van der Waals surface area contributed by atoms with E-state index in [1.807, 2.05) is 24.3 Å². The Morgan fingerprint density at radius 2 is 1.50 bits per heavy atom. The first-order valence-corrected chi connectivity index (χ1v) is 5.97. The molecular formula is C16H16O2. The first-order chi connectivity index (χ1) is 8.67. The molecule has 92 valence electrons. The maximum Gasteiger partial charge on any atom is 0.116 e. The lowest BCUT2D eigenvalue weighted by molar-refractivity contribution is 0.474. The third-order valence-corrected chi connectivity index (χ3v) is 2.77. The highest BCUT2D eigenvalue weighted by molar-refractivity contribution is 5.70. The summed E-state index contributed by atoms with van der Waals surface area (Å²) in [5.41, 5.74) is 3.09. The molecule has 0 saturated carbocycles. The molecule has 0 amide bonds. The molecule has 0 aliphatic heterocycles. The fourth-order valence-electron chi connectivity index (χ4n) is 1.78. The van der Waals surface area contributed by atoms with Gasteiger partial charge in [-0.1, -0.05) is 37.3 Å². The Bertz CT molecular complexity index is 554. The van der Waals surface area contributed by atoms with Gasteiger partial charge in [-0.3, -0.25) is 0 Å². The molecule has 0 aliphatic rings. The highest BCUT2D eigenvalue weighted by Crippen LogP contribution is 2.19. The van der Waals surface area contributed by atoms with Crippen molar-refractivity contribution in [3.05, 3.63) is 59.2 Å². The molecule has 0 spiro atoms. The van der Waals surface area contributed by atoms with Crippen molar-refractivity contribution in [3.63, 3.8) is 0 Å². The quantitative estimate of drug-likeness (QED) is 0.800. The van der Waals surface area contributed by atoms with Gasteiger partial charge in [0.2, 0.25) is 0 Å². The molecule has 2 N–H and O–H groups in total. The molecule has 0 heterocycles. The van der Waals surface area contributed by atoms with Crippen molar-refractivity contribution in [1.29, 1.82) is 0 Å². The molecule has 2 heteroatoms. The van der Waals surface area contributed by atoms with Crippen LogP contribution in [-0.4, -0.2) is 10.2 Å². The first kappa shape index (κ1) is 12.2. The van der Waals surface area contributed by atoms with Crippen molar-refractivity contribution in [2.45, 2.75) is 13.3 Å². The van der Waals surface area contributed by atoms with Crippen LogP contribution in [0.1, 0.15) is 23.6 Å². The molecule has 0 radical (unpaired) electrons. The van der Waals surface area contributed by atoms with E-state index in [-0.39, 0.29) is 5.75 Å². The summed E-state index contributed by atoms with van der Waals surface area (Å²) >= 11 is 0. The summed E-state index contributed by atoms with van der Waals surface area (Å²) in [6.07, 6.45) is 4.80. The average molecular weight is 240 g/mol. The van der Waals surface area contributed by atoms with E-state index in [9.17, 15) is 10.2 Å². The standard InChI is InChI=1S/C16H16O2/c1-2-12-9-14(11-16(18)10-12)4-3-13-5-7-15(17)8-6-13/h3-11,17-18H,2H2,1H3/b4-3+. The lowest BCUT2D eigenvalue weighted by Gasteiger charge is -2.01. The van der Waals surface area contributed by atoms with Crippen LogP contribution in [-0.2, 0) is 6.42 Å². The number of rotatable bonds is 3. The Morgan fingerprint density at radius 1 is 0.833 bits per heavy atom. The summed E-state index contributed by atoms with van der Waals surface area (Å²) in [6, 6.07) is 12.6. The van der Waals surface area contributed by atoms with E-state index in [1.54, 1.807) is 24.3 Å². The van der Waals surface area contributed by atoms with Crippen LogP contribution in [0, 0.1) is 0 Å². The van der Waals surface area contributed by atoms with E-state index in [4.69, 9.17) is 0 Å². The number of hydrogen-bond donors (Lipinski definition) is 2. The SMILES string of the molecule is CCc1cc(O)cc(/C=C/c2ccc(O)cc2)c1. The van der Waals surface area contributed by atoms with Crippen molar-refractivity contribution in [1.82, 2.24) is 0 Å². The van der Waals surface area contributed by atoms with E-state index in [0.717, 1.165) is 23.1 Å². The average Bonchev–Trinajstić information content (AvgIpc) is 2.37. The zero-order valence-corrected chi connectivity index (χ0v) is 10.3. The van der Waals surface area contributed by atoms with E-state index < -0.39 is 0 Å². The molecule has 0 aliphatic carbocycles. The summed E-state index contributed by atoms with van der Waals surface area (Å²) in [6.45, 7) is 2.06. The van der Waals surface area contributed by atoms with Crippen LogP contribution < -0.4 is 0 Å². The molecule has 2 aromatic carbocycles. The number of aryl methyl sites for hydroxylation is 1. The zero-order valence-electron chi connectivity index (χ0n) is 10.3. The minimum Gasteiger partial charge on any atom is -0.508 e. The van der Waals surface area contributed by atoms with Crippen LogP contribution in [0.5, 0.6) is 11.5 Å². The molecule has 2 aromatic rings. The highest BCUT2D eigenvalue weighted by Gasteiger charge is 1.96. The Labute approximate surface area is 107 Å². The molecule has 2 nitrogen and oxygen atoms in total. The van der Waals surface area contributed by atoms with E-state index in [2.05, 4.69) is 13.0 Å². The Morgan fingerprint density at radius 3 is 2.17 bits per heavy atom. The maximum atomic E-state index is 9.59. The van der Waals surface area contributed by atoms with E-state index in [1.165, 1.54) is 0 Å². The molecule has 0 fully saturated rings. The van der Waals surface area contributed by atoms with Gasteiger partial charge >= 0.3 is 0 Å². The topological polar surface area (TPSA) is 40.5 Å². The lowest BCUT2D eigenvalue weighted by atomic mass is 10.1. The second-order valence-corrected chi connectivity index (χ2v) is 4.21. The van der Waals surface area contributed by atoms with E-state index in [0.29, 0.717) is 5.75 Å². The Balaban J connectivity index is 2.22. The summed E-state index contributed by atoms with van der Waals surface area (Å²) in [4.78, 5) is 0. The predicted molar refractivity (Wildman–Crippen MR) is 74.5 cm³/mol. The summed E-state index contributed by atoms with van der Waals surface area (Å²) in [5, 5.41) is 18.8. The van der Waals surface area contributed by atoms with Crippen LogP contribution in [0.15, 0.2) is 42.5 Å². The van der Waals surface area contributed by atoms with Gasteiger partial charge in [0.25, 0.3) is 0 Å². The van der Waals surface area contributed by atoms with Crippen molar-refractivity contribution >= 4 is 12.2 Å². The van der Waals surface area contributed by atoms with Gasteiger partial charge in [-0.15, -0.1) is 0 Å². The second-order valence-electron chi connectivity index (χ2n) is 4.21. The van der Waals surface area contributed by atoms with Crippen LogP contribution in [0.2, 0.25) is 0 Å². The molecule has 18 heavy (non-hydrogen) atoms. The number of phenolic OH excluding ortho intramolecular Hbond substituents is 2. The van der Waals surface area contributed by atoms with Gasteiger partial charge in [-0.25, -0.2) is 0 Å². The zero-order chi connectivity index (χ0) is 13.0. The van der Waals surface area contributed by atoms with Gasteiger partial charge in [0, 0.05) is 0 Å². The third kappa shape index (κ3) is 3.14. The number of aromatic hydroxyl groups is 2. The second kappa shape index (κ2) is 5.41. The molecule has 0 unspecified atom stereocenters. The predicted octanol–water partition coefficient (Wildman–Crippen LogP) is 3.83. The smallest absolute Gasteiger partial charge is 0.116 e. The minimum absolute atomic E-state index is 0.262. The van der Waals surface area contributed by atoms with E-state index >= 15 is 0 Å². The minimum atomic E-state index is 0.262. The van der Waals surface area contributed by atoms with Crippen LogP contribution >= 0.6 is 0 Å². The highest BCUT2D eigenvalue weighted by atomic mass is 16.3. The number of benzene rings is 2. The number of phenols is 2. The summed E-state index contributed by atoms with van der Waals surface area (Å²) < 4.78 is 0. The van der Waals surface area contributed by atoms with Crippen LogP contribution in [0.4, 0.5) is 0 Å². The molecule has 0 atom stereocenters. The van der Waals surface area contributed by atoms with Gasteiger partial charge in [0.15, 0.2) is 0 Å². The third-order valence-electron chi connectivity index (χ3n) is 2.77. The van der Waals surface area contributed by atoms with Crippen molar-refractivity contribution in [3.8, 4) is 11.5 Å². The maximum absolute atomic E-state index is 9.59. The van der Waals surface area contributed by atoms with Gasteiger partial charge in [0.05, 0.1) is 0 Å². The largest absolute Gasteiger partial charge is 0.508 e. The molecule has 0 saturated heterocycles. The van der Waals surface area contributed by atoms with Gasteiger partial charge in [0.1, 0.15) is 11.5 Å². The van der Waals surface area contributed by atoms with Gasteiger partial charge in [-0.05, 0) is 47.4 Å². The Kier molecular flexibility index (Phi) is 3.68. The van der Waals surface area contributed by atoms with Gasteiger partial charge in [-0.2, -0.15) is 0 Å². The normalized spacial score (nSPS) is 10.9. The molecule has 0 bridgehead atoms. The van der Waals surface area contributed by atoms with Crippen LogP contribution in [0.25, 0.3) is 12.2 Å². The summed E-state index contributed by atoms with van der Waals surface area (Å²) in [7, 11) is 0. The number of hydrogen-bond acceptors (Lipinski definition) is 2.